The van der Waals surface area contributed by atoms with Crippen LogP contribution in [0.25, 0.3) is 0 Å². The lowest BCUT2D eigenvalue weighted by molar-refractivity contribution is -0.927. The van der Waals surface area contributed by atoms with Crippen molar-refractivity contribution in [1.29, 1.82) is 0 Å². The molecule has 0 aliphatic carbocycles. The Hall–Kier alpha value is -2.24. The van der Waals surface area contributed by atoms with Crippen LogP contribution in [-0.2, 0) is 0 Å². The van der Waals surface area contributed by atoms with E-state index in [0.29, 0.717) is 16.6 Å². The Kier molecular flexibility index (Phi) is 6.26. The summed E-state index contributed by atoms with van der Waals surface area (Å²) in [6, 6.07) is 16.2. The average molecular weight is 415 g/mol. The summed E-state index contributed by atoms with van der Waals surface area (Å²) < 4.78 is 5.53. The molecule has 6 heteroatoms. The van der Waals surface area contributed by atoms with Gasteiger partial charge in [-0.3, -0.25) is 4.79 Å². The molecule has 0 radical (unpaired) electrons. The van der Waals surface area contributed by atoms with Crippen LogP contribution < -0.4 is 14.5 Å². The van der Waals surface area contributed by atoms with Crippen LogP contribution in [0, 0.1) is 0 Å². The van der Waals surface area contributed by atoms with Crippen LogP contribution in [0.3, 0.4) is 0 Å². The molecule has 0 atom stereocenters. The SMILES string of the molecule is COc1ccccc1N1CC[NH+](C2CCN(C(=O)c3ccccc3Cl)CC2)CC1. The molecule has 2 aromatic rings. The fraction of sp³-hybridized carbons (Fsp3) is 0.435. The molecule has 154 valence electrons. The van der Waals surface area contributed by atoms with E-state index in [1.54, 1.807) is 18.1 Å². The first kappa shape index (κ1) is 20.0. The Balaban J connectivity index is 1.30. The van der Waals surface area contributed by atoms with Gasteiger partial charge >= 0.3 is 0 Å². The van der Waals surface area contributed by atoms with E-state index in [4.69, 9.17) is 16.3 Å². The van der Waals surface area contributed by atoms with Gasteiger partial charge in [-0.25, -0.2) is 0 Å². The first-order valence-electron chi connectivity index (χ1n) is 10.4. The summed E-state index contributed by atoms with van der Waals surface area (Å²) in [7, 11) is 1.73. The standard InChI is InChI=1S/C23H28ClN3O2/c1-29-22-9-5-4-8-21(22)26-16-14-25(15-17-26)18-10-12-27(13-11-18)23(28)19-6-2-3-7-20(19)24/h2-9,18H,10-17H2,1H3/p+1. The quantitative estimate of drug-likeness (QED) is 0.834. The number of likely N-dealkylation sites (tertiary alicyclic amines) is 1. The molecule has 2 fully saturated rings. The minimum atomic E-state index is 0.0602. The predicted octanol–water partition coefficient (Wildman–Crippen LogP) is 2.36. The van der Waals surface area contributed by atoms with Crippen molar-refractivity contribution in [2.24, 2.45) is 0 Å². The minimum Gasteiger partial charge on any atom is -0.495 e. The molecule has 0 bridgehead atoms. The number of benzene rings is 2. The van der Waals surface area contributed by atoms with E-state index in [0.717, 1.165) is 57.9 Å². The maximum atomic E-state index is 12.8. The number of nitrogens with one attached hydrogen (secondary N) is 1. The number of piperidine rings is 1. The van der Waals surface area contributed by atoms with Gasteiger partial charge in [0.25, 0.3) is 5.91 Å². The van der Waals surface area contributed by atoms with Crippen molar-refractivity contribution in [3.05, 3.63) is 59.1 Å². The molecule has 29 heavy (non-hydrogen) atoms. The molecule has 1 N–H and O–H groups in total. The summed E-state index contributed by atoms with van der Waals surface area (Å²) in [6.07, 6.45) is 2.11. The highest BCUT2D eigenvalue weighted by Gasteiger charge is 2.33. The van der Waals surface area contributed by atoms with Gasteiger partial charge in [-0.05, 0) is 24.3 Å². The lowest BCUT2D eigenvalue weighted by atomic mass is 10.0. The number of nitrogens with zero attached hydrogens (tertiary/aromatic N) is 2. The Morgan fingerprint density at radius 1 is 1.00 bits per heavy atom. The van der Waals surface area contributed by atoms with E-state index in [1.807, 2.05) is 35.2 Å². The average Bonchev–Trinajstić information content (AvgIpc) is 2.79. The molecule has 5 nitrogen and oxygen atoms in total. The van der Waals surface area contributed by atoms with E-state index in [-0.39, 0.29) is 5.91 Å². The van der Waals surface area contributed by atoms with Crippen molar-refractivity contribution in [2.45, 2.75) is 18.9 Å². The van der Waals surface area contributed by atoms with E-state index >= 15 is 0 Å². The van der Waals surface area contributed by atoms with Crippen molar-refractivity contribution < 1.29 is 14.4 Å². The van der Waals surface area contributed by atoms with Gasteiger partial charge in [-0.2, -0.15) is 0 Å². The summed E-state index contributed by atoms with van der Waals surface area (Å²) in [4.78, 5) is 18.8. The van der Waals surface area contributed by atoms with Gasteiger partial charge in [-0.15, -0.1) is 0 Å². The number of hydrogen-bond acceptors (Lipinski definition) is 3. The van der Waals surface area contributed by atoms with Gasteiger partial charge in [0.15, 0.2) is 0 Å². The van der Waals surface area contributed by atoms with Crippen LogP contribution in [0.4, 0.5) is 5.69 Å². The van der Waals surface area contributed by atoms with Crippen molar-refractivity contribution >= 4 is 23.2 Å². The third kappa shape index (κ3) is 4.36. The molecule has 2 aliphatic heterocycles. The number of para-hydroxylation sites is 2. The molecular formula is C23H29ClN3O2+. The lowest BCUT2D eigenvalue weighted by Gasteiger charge is -2.41. The first-order chi connectivity index (χ1) is 14.2. The number of carbonyl (C=O) groups excluding carboxylic acids is 1. The van der Waals surface area contributed by atoms with E-state index in [9.17, 15) is 4.79 Å². The Bertz CT molecular complexity index is 844. The number of halogens is 1. The number of quaternary nitrogens is 1. The van der Waals surface area contributed by atoms with Gasteiger partial charge in [0, 0.05) is 25.9 Å². The van der Waals surface area contributed by atoms with Crippen molar-refractivity contribution in [3.8, 4) is 5.75 Å². The predicted molar refractivity (Wildman–Crippen MR) is 116 cm³/mol. The van der Waals surface area contributed by atoms with Crippen LogP contribution in [0.1, 0.15) is 23.2 Å². The van der Waals surface area contributed by atoms with Crippen LogP contribution >= 0.6 is 11.6 Å². The number of ether oxygens (including phenoxy) is 1. The number of amides is 1. The van der Waals surface area contributed by atoms with Crippen molar-refractivity contribution in [1.82, 2.24) is 4.90 Å². The highest BCUT2D eigenvalue weighted by molar-refractivity contribution is 6.33. The van der Waals surface area contributed by atoms with Gasteiger partial charge < -0.3 is 19.4 Å². The molecule has 0 aromatic heterocycles. The van der Waals surface area contributed by atoms with E-state index in [1.165, 1.54) is 5.69 Å². The summed E-state index contributed by atoms with van der Waals surface area (Å²) in [5.41, 5.74) is 1.81. The maximum Gasteiger partial charge on any atom is 0.255 e. The maximum absolute atomic E-state index is 12.8. The molecule has 0 saturated carbocycles. The second-order valence-electron chi connectivity index (χ2n) is 7.86. The van der Waals surface area contributed by atoms with Crippen LogP contribution in [-0.4, -0.2) is 63.2 Å². The fourth-order valence-corrected chi connectivity index (χ4v) is 4.85. The molecule has 2 heterocycles. The molecular weight excluding hydrogens is 386 g/mol. The zero-order valence-electron chi connectivity index (χ0n) is 16.9. The summed E-state index contributed by atoms with van der Waals surface area (Å²) in [5, 5.41) is 0.540. The molecule has 0 unspecified atom stereocenters. The normalized spacial score (nSPS) is 18.7. The second kappa shape index (κ2) is 9.06. The fourth-order valence-electron chi connectivity index (χ4n) is 4.63. The summed E-state index contributed by atoms with van der Waals surface area (Å²) >= 11 is 6.21. The molecule has 2 saturated heterocycles. The number of methoxy groups -OCH3 is 1. The Morgan fingerprint density at radius 3 is 2.34 bits per heavy atom. The molecule has 2 aliphatic rings. The third-order valence-corrected chi connectivity index (χ3v) is 6.62. The Morgan fingerprint density at radius 2 is 1.66 bits per heavy atom. The van der Waals surface area contributed by atoms with Crippen molar-refractivity contribution in [2.75, 3.05) is 51.3 Å². The number of hydrogen-bond donors (Lipinski definition) is 1. The summed E-state index contributed by atoms with van der Waals surface area (Å²) in [6.45, 7) is 5.95. The largest absolute Gasteiger partial charge is 0.495 e. The number of anilines is 1. The third-order valence-electron chi connectivity index (χ3n) is 6.30. The topological polar surface area (TPSA) is 37.2 Å². The monoisotopic (exact) mass is 414 g/mol. The lowest BCUT2D eigenvalue weighted by Crippen LogP contribution is -3.18. The summed E-state index contributed by atoms with van der Waals surface area (Å²) in [5.74, 6) is 1.01. The number of carbonyl (C=O) groups is 1. The smallest absolute Gasteiger partial charge is 0.255 e. The van der Waals surface area contributed by atoms with Crippen LogP contribution in [0.15, 0.2) is 48.5 Å². The van der Waals surface area contributed by atoms with E-state index < -0.39 is 0 Å². The first-order valence-corrected chi connectivity index (χ1v) is 10.8. The van der Waals surface area contributed by atoms with Gasteiger partial charge in [0.05, 0.1) is 55.6 Å². The molecule has 0 spiro atoms. The van der Waals surface area contributed by atoms with Crippen LogP contribution in [0.5, 0.6) is 5.75 Å². The zero-order valence-corrected chi connectivity index (χ0v) is 17.7. The minimum absolute atomic E-state index is 0.0602. The molecule has 1 amide bonds. The molecule has 4 rings (SSSR count). The van der Waals surface area contributed by atoms with Gasteiger partial charge in [-0.1, -0.05) is 35.9 Å². The highest BCUT2D eigenvalue weighted by atomic mass is 35.5. The Labute approximate surface area is 177 Å². The van der Waals surface area contributed by atoms with Crippen molar-refractivity contribution in [3.63, 3.8) is 0 Å². The van der Waals surface area contributed by atoms with Crippen LogP contribution in [0.2, 0.25) is 5.02 Å². The van der Waals surface area contributed by atoms with Gasteiger partial charge in [0.1, 0.15) is 5.75 Å². The zero-order chi connectivity index (χ0) is 20.2. The second-order valence-corrected chi connectivity index (χ2v) is 8.27. The highest BCUT2D eigenvalue weighted by Crippen LogP contribution is 2.27. The van der Waals surface area contributed by atoms with E-state index in [2.05, 4.69) is 17.0 Å². The molecule has 2 aromatic carbocycles. The van der Waals surface area contributed by atoms with Gasteiger partial charge in [0.2, 0.25) is 0 Å². The number of piperazine rings is 1. The number of rotatable bonds is 4.